The van der Waals surface area contributed by atoms with Crippen LogP contribution in [-0.2, 0) is 14.1 Å². The standard InChI is InChI=1S/C26H46N5O5P/c1-2-3-4-5-6-7-8-9-10-11-12-13-14-15-16-17-23(32)30-25-24-26(28-20-27-25)31(21-29-24)18-19-36-22-37(33,34)35/h9-10,20-21,24,26H,2-8,11-19,22H2,1H3,(H2,33,34,35)(H,27,28,30,32)/b10-9-. The summed E-state index contributed by atoms with van der Waals surface area (Å²) in [6.07, 6.45) is 23.0. The number of hydrogen-bond donors (Lipinski definition) is 3. The monoisotopic (exact) mass is 539 g/mol. The zero-order chi connectivity index (χ0) is 26.8. The predicted molar refractivity (Wildman–Crippen MR) is 149 cm³/mol. The van der Waals surface area contributed by atoms with Gasteiger partial charge in [-0.2, -0.15) is 0 Å². The fourth-order valence-electron chi connectivity index (χ4n) is 4.31. The van der Waals surface area contributed by atoms with E-state index in [9.17, 15) is 9.36 Å². The highest BCUT2D eigenvalue weighted by atomic mass is 31.2. The third-order valence-corrected chi connectivity index (χ3v) is 6.90. The maximum absolute atomic E-state index is 12.4. The van der Waals surface area contributed by atoms with Crippen LogP contribution in [0.3, 0.4) is 0 Å². The van der Waals surface area contributed by atoms with Gasteiger partial charge in [0.05, 0.1) is 12.9 Å². The van der Waals surface area contributed by atoms with Gasteiger partial charge in [-0.3, -0.25) is 14.4 Å². The minimum absolute atomic E-state index is 0.0657. The number of unbranched alkanes of at least 4 members (excludes halogenated alkanes) is 11. The third kappa shape index (κ3) is 14.0. The minimum atomic E-state index is -4.18. The fourth-order valence-corrected chi connectivity index (χ4v) is 4.68. The van der Waals surface area contributed by atoms with E-state index in [0.29, 0.717) is 18.8 Å². The van der Waals surface area contributed by atoms with E-state index in [4.69, 9.17) is 14.5 Å². The molecular formula is C26H46N5O5P. The molecule has 0 aromatic rings. The van der Waals surface area contributed by atoms with Crippen molar-refractivity contribution in [3.63, 3.8) is 0 Å². The van der Waals surface area contributed by atoms with E-state index >= 15 is 0 Å². The number of nitrogens with zero attached hydrogens (tertiary/aromatic N) is 4. The van der Waals surface area contributed by atoms with Crippen LogP contribution < -0.4 is 5.32 Å². The lowest BCUT2D eigenvalue weighted by Crippen LogP contribution is -2.48. The van der Waals surface area contributed by atoms with E-state index in [-0.39, 0.29) is 18.7 Å². The Hall–Kier alpha value is -1.87. The van der Waals surface area contributed by atoms with Gasteiger partial charge in [-0.05, 0) is 32.1 Å². The molecule has 0 saturated carbocycles. The van der Waals surface area contributed by atoms with Gasteiger partial charge in [0.25, 0.3) is 0 Å². The van der Waals surface area contributed by atoms with Gasteiger partial charge >= 0.3 is 7.60 Å². The molecule has 0 aromatic carbocycles. The number of carbonyl (C=O) groups excluding carboxylic acids is 1. The average Bonchev–Trinajstić information content (AvgIpc) is 3.28. The van der Waals surface area contributed by atoms with Gasteiger partial charge in [-0.15, -0.1) is 0 Å². The van der Waals surface area contributed by atoms with Crippen molar-refractivity contribution in [3.05, 3.63) is 12.2 Å². The zero-order valence-corrected chi connectivity index (χ0v) is 23.2. The predicted octanol–water partition coefficient (Wildman–Crippen LogP) is 4.77. The maximum atomic E-state index is 12.4. The van der Waals surface area contributed by atoms with Crippen molar-refractivity contribution in [2.45, 2.75) is 109 Å². The summed E-state index contributed by atoms with van der Waals surface area (Å²) in [4.78, 5) is 44.9. The lowest BCUT2D eigenvalue weighted by Gasteiger charge is -2.27. The summed E-state index contributed by atoms with van der Waals surface area (Å²) in [5, 5.41) is 2.88. The number of amidine groups is 1. The molecule has 2 unspecified atom stereocenters. The molecule has 2 aliphatic rings. The van der Waals surface area contributed by atoms with Crippen LogP contribution in [0.4, 0.5) is 0 Å². The molecule has 0 saturated heterocycles. The van der Waals surface area contributed by atoms with Gasteiger partial charge < -0.3 is 24.7 Å². The average molecular weight is 540 g/mol. The van der Waals surface area contributed by atoms with E-state index in [0.717, 1.165) is 25.7 Å². The third-order valence-electron chi connectivity index (χ3n) is 6.38. The highest BCUT2D eigenvalue weighted by molar-refractivity contribution is 7.51. The molecular weight excluding hydrogens is 493 g/mol. The summed E-state index contributed by atoms with van der Waals surface area (Å²) in [7, 11) is -4.18. The molecule has 37 heavy (non-hydrogen) atoms. The number of nitrogens with one attached hydrogen (secondary N) is 1. The summed E-state index contributed by atoms with van der Waals surface area (Å²) in [6, 6.07) is -0.398. The van der Waals surface area contributed by atoms with Crippen LogP contribution in [0.25, 0.3) is 0 Å². The molecule has 10 nitrogen and oxygen atoms in total. The molecule has 3 N–H and O–H groups in total. The van der Waals surface area contributed by atoms with Crippen molar-refractivity contribution in [3.8, 4) is 0 Å². The van der Waals surface area contributed by atoms with Gasteiger partial charge in [0.2, 0.25) is 5.91 Å². The molecule has 0 radical (unpaired) electrons. The number of aliphatic imine (C=N–C) groups is 3. The number of hydrogen-bond acceptors (Lipinski definition) is 7. The molecule has 2 aliphatic heterocycles. The number of ether oxygens (including phenoxy) is 1. The molecule has 2 atom stereocenters. The van der Waals surface area contributed by atoms with Crippen LogP contribution in [0.5, 0.6) is 0 Å². The van der Waals surface area contributed by atoms with Crippen molar-refractivity contribution in [2.75, 3.05) is 19.5 Å². The van der Waals surface area contributed by atoms with Gasteiger partial charge in [-0.1, -0.05) is 70.4 Å². The summed E-state index contributed by atoms with van der Waals surface area (Å²) in [6.45, 7) is 2.75. The quantitative estimate of drug-likeness (QED) is 0.116. The number of rotatable bonds is 20. The van der Waals surface area contributed by atoms with E-state index in [1.54, 1.807) is 6.34 Å². The first-order valence-electron chi connectivity index (χ1n) is 13.9. The van der Waals surface area contributed by atoms with E-state index in [1.807, 2.05) is 4.90 Å². The molecule has 0 aliphatic carbocycles. The van der Waals surface area contributed by atoms with Gasteiger partial charge in [0.15, 0.2) is 6.17 Å². The first-order chi connectivity index (χ1) is 17.9. The molecule has 210 valence electrons. The second-order valence-corrected chi connectivity index (χ2v) is 11.3. The number of fused-ring (bicyclic) bond motifs is 1. The smallest absolute Gasteiger partial charge is 0.350 e. The van der Waals surface area contributed by atoms with Crippen LogP contribution in [0.15, 0.2) is 27.1 Å². The van der Waals surface area contributed by atoms with Crippen molar-refractivity contribution >= 4 is 32.0 Å². The van der Waals surface area contributed by atoms with Crippen molar-refractivity contribution in [2.24, 2.45) is 15.0 Å². The van der Waals surface area contributed by atoms with Crippen LogP contribution in [0.2, 0.25) is 0 Å². The number of amides is 1. The second-order valence-electron chi connectivity index (χ2n) is 9.72. The van der Waals surface area contributed by atoms with Crippen molar-refractivity contribution < 1.29 is 23.9 Å². The molecule has 2 rings (SSSR count). The van der Waals surface area contributed by atoms with Crippen molar-refractivity contribution in [1.82, 2.24) is 10.2 Å². The maximum Gasteiger partial charge on any atom is 0.350 e. The van der Waals surface area contributed by atoms with Gasteiger partial charge in [0.1, 0.15) is 24.6 Å². The Bertz CT molecular complexity index is 826. The lowest BCUT2D eigenvalue weighted by atomic mass is 10.1. The van der Waals surface area contributed by atoms with Crippen molar-refractivity contribution in [1.29, 1.82) is 0 Å². The molecule has 0 bridgehead atoms. The summed E-state index contributed by atoms with van der Waals surface area (Å²) in [5.74, 6) is 0.414. The normalized spacial score (nSPS) is 19.0. The Morgan fingerprint density at radius 3 is 2.35 bits per heavy atom. The molecule has 0 fully saturated rings. The Morgan fingerprint density at radius 2 is 1.68 bits per heavy atom. The number of carbonyl (C=O) groups is 1. The molecule has 11 heteroatoms. The van der Waals surface area contributed by atoms with Gasteiger partial charge in [0, 0.05) is 13.0 Å². The first kappa shape index (κ1) is 31.3. The largest absolute Gasteiger partial charge is 0.367 e. The highest BCUT2D eigenvalue weighted by Gasteiger charge is 2.36. The first-order valence-corrected chi connectivity index (χ1v) is 15.7. The molecule has 1 amide bonds. The Morgan fingerprint density at radius 1 is 1.03 bits per heavy atom. The van der Waals surface area contributed by atoms with Crippen LogP contribution in [-0.4, -0.2) is 70.8 Å². The lowest BCUT2D eigenvalue weighted by molar-refractivity contribution is -0.119. The second kappa shape index (κ2) is 18.4. The molecule has 2 heterocycles. The number of allylic oxidation sites excluding steroid dienone is 2. The van der Waals surface area contributed by atoms with E-state index in [1.165, 1.54) is 64.1 Å². The van der Waals surface area contributed by atoms with Crippen LogP contribution >= 0.6 is 7.60 Å². The van der Waals surface area contributed by atoms with E-state index in [2.05, 4.69) is 39.4 Å². The van der Waals surface area contributed by atoms with Crippen LogP contribution in [0, 0.1) is 0 Å². The van der Waals surface area contributed by atoms with E-state index < -0.39 is 20.0 Å². The molecule has 0 spiro atoms. The molecule has 0 aromatic heterocycles. The highest BCUT2D eigenvalue weighted by Crippen LogP contribution is 2.33. The zero-order valence-electron chi connectivity index (χ0n) is 22.3. The Balaban J connectivity index is 1.49. The van der Waals surface area contributed by atoms with Gasteiger partial charge in [-0.25, -0.2) is 9.98 Å². The Labute approximate surface area is 221 Å². The van der Waals surface area contributed by atoms with Crippen LogP contribution in [0.1, 0.15) is 96.8 Å². The summed E-state index contributed by atoms with van der Waals surface area (Å²) in [5.41, 5.74) is 0. The summed E-state index contributed by atoms with van der Waals surface area (Å²) < 4.78 is 15.9. The topological polar surface area (TPSA) is 136 Å². The SMILES string of the molecule is CCCCCCCC/C=C\CCCCCCCC(=O)NC1=NC=NC2C1N=CN2CCOCP(=O)(O)O. The Kier molecular flexibility index (Phi) is 15.6. The fraction of sp³-hybridized carbons (Fsp3) is 0.769. The minimum Gasteiger partial charge on any atom is -0.367 e. The summed E-state index contributed by atoms with van der Waals surface area (Å²) >= 11 is 0.